The fraction of sp³-hybridized carbons (Fsp3) is 0.583. The summed E-state index contributed by atoms with van der Waals surface area (Å²) in [6.45, 7) is 5.98. The first-order valence-corrected chi connectivity index (χ1v) is 6.85. The molecule has 0 saturated carbocycles. The summed E-state index contributed by atoms with van der Waals surface area (Å²) in [5.74, 6) is 0.436. The van der Waals surface area contributed by atoms with E-state index in [-0.39, 0.29) is 11.9 Å². The van der Waals surface area contributed by atoms with Gasteiger partial charge in [0.25, 0.3) is 0 Å². The van der Waals surface area contributed by atoms with Crippen LogP contribution in [0.3, 0.4) is 0 Å². The summed E-state index contributed by atoms with van der Waals surface area (Å²) in [4.78, 5) is 19.9. The second-order valence-electron chi connectivity index (χ2n) is 4.18. The number of amides is 1. The molecule has 0 radical (unpaired) electrons. The van der Waals surface area contributed by atoms with Gasteiger partial charge < -0.3 is 11.1 Å². The van der Waals surface area contributed by atoms with Crippen molar-refractivity contribution in [3.05, 3.63) is 17.0 Å². The van der Waals surface area contributed by atoms with Gasteiger partial charge in [-0.25, -0.2) is 9.97 Å². The maximum Gasteiger partial charge on any atom is 0.234 e. The zero-order valence-corrected chi connectivity index (χ0v) is 12.1. The molecule has 1 aromatic heterocycles. The average Bonchev–Trinajstić information content (AvgIpc) is 2.31. The molecule has 18 heavy (non-hydrogen) atoms. The zero-order valence-electron chi connectivity index (χ0n) is 11.3. The highest BCUT2D eigenvalue weighted by Crippen LogP contribution is 2.18. The molecule has 100 valence electrons. The van der Waals surface area contributed by atoms with E-state index in [1.807, 2.05) is 20.8 Å². The molecule has 0 saturated heterocycles. The molecular weight excluding hydrogens is 248 g/mol. The number of carbonyl (C=O) groups is 1. The summed E-state index contributed by atoms with van der Waals surface area (Å²) in [5, 5.41) is 3.65. The van der Waals surface area contributed by atoms with E-state index in [4.69, 9.17) is 5.73 Å². The Kier molecular flexibility index (Phi) is 5.55. The standard InChI is InChI=1S/C12H20N4OS/c1-7-8(2)15-12(16-9(7)3)18-6-5-10(14-4)11(13)17/h10,14H,5-6H2,1-4H3,(H2,13,17). The number of nitrogens with one attached hydrogen (secondary N) is 1. The van der Waals surface area contributed by atoms with Gasteiger partial charge in [0.2, 0.25) is 5.91 Å². The molecule has 1 rings (SSSR count). The minimum atomic E-state index is -0.324. The number of rotatable bonds is 6. The van der Waals surface area contributed by atoms with E-state index in [1.165, 1.54) is 0 Å². The third-order valence-corrected chi connectivity index (χ3v) is 3.82. The molecule has 6 heteroatoms. The van der Waals surface area contributed by atoms with Crippen molar-refractivity contribution in [2.24, 2.45) is 5.73 Å². The van der Waals surface area contributed by atoms with Crippen LogP contribution in [0, 0.1) is 20.8 Å². The van der Waals surface area contributed by atoms with Gasteiger partial charge in [-0.05, 0) is 39.8 Å². The molecule has 1 heterocycles. The zero-order chi connectivity index (χ0) is 13.7. The second kappa shape index (κ2) is 6.70. The van der Waals surface area contributed by atoms with Crippen LogP contribution in [0.4, 0.5) is 0 Å². The van der Waals surface area contributed by atoms with E-state index in [0.717, 1.165) is 27.9 Å². The van der Waals surface area contributed by atoms with Crippen LogP contribution in [-0.4, -0.2) is 34.7 Å². The van der Waals surface area contributed by atoms with Gasteiger partial charge in [-0.2, -0.15) is 0 Å². The molecule has 0 spiro atoms. The van der Waals surface area contributed by atoms with Crippen LogP contribution in [0.25, 0.3) is 0 Å². The van der Waals surface area contributed by atoms with E-state index >= 15 is 0 Å². The number of nitrogens with two attached hydrogens (primary N) is 1. The van der Waals surface area contributed by atoms with E-state index < -0.39 is 0 Å². The van der Waals surface area contributed by atoms with Crippen LogP contribution in [0.2, 0.25) is 0 Å². The van der Waals surface area contributed by atoms with Gasteiger partial charge in [0.1, 0.15) is 0 Å². The highest BCUT2D eigenvalue weighted by Gasteiger charge is 2.13. The Morgan fingerprint density at radius 3 is 2.33 bits per heavy atom. The number of carbonyl (C=O) groups excluding carboxylic acids is 1. The lowest BCUT2D eigenvalue weighted by atomic mass is 10.2. The number of primary amides is 1. The van der Waals surface area contributed by atoms with Crippen LogP contribution in [0.5, 0.6) is 0 Å². The van der Waals surface area contributed by atoms with Crippen LogP contribution in [-0.2, 0) is 4.79 Å². The van der Waals surface area contributed by atoms with Crippen molar-refractivity contribution in [3.63, 3.8) is 0 Å². The molecule has 0 aromatic carbocycles. The van der Waals surface area contributed by atoms with Crippen LogP contribution < -0.4 is 11.1 Å². The van der Waals surface area contributed by atoms with Gasteiger partial charge in [-0.3, -0.25) is 4.79 Å². The van der Waals surface area contributed by atoms with Crippen molar-refractivity contribution < 1.29 is 4.79 Å². The smallest absolute Gasteiger partial charge is 0.234 e. The summed E-state index contributed by atoms with van der Waals surface area (Å²) in [7, 11) is 1.73. The Morgan fingerprint density at radius 1 is 1.33 bits per heavy atom. The molecule has 0 aliphatic rings. The van der Waals surface area contributed by atoms with Crippen molar-refractivity contribution in [3.8, 4) is 0 Å². The van der Waals surface area contributed by atoms with Gasteiger partial charge in [-0.1, -0.05) is 11.8 Å². The van der Waals surface area contributed by atoms with Crippen LogP contribution in [0.1, 0.15) is 23.4 Å². The van der Waals surface area contributed by atoms with Crippen molar-refractivity contribution in [2.45, 2.75) is 38.4 Å². The number of hydrogen-bond acceptors (Lipinski definition) is 5. The molecule has 1 amide bonds. The first-order chi connectivity index (χ1) is 8.45. The lowest BCUT2D eigenvalue weighted by Gasteiger charge is -2.11. The monoisotopic (exact) mass is 268 g/mol. The van der Waals surface area contributed by atoms with E-state index in [1.54, 1.807) is 18.8 Å². The molecular formula is C12H20N4OS. The number of hydrogen-bond donors (Lipinski definition) is 2. The second-order valence-corrected chi connectivity index (χ2v) is 5.24. The summed E-state index contributed by atoms with van der Waals surface area (Å²) < 4.78 is 0. The summed E-state index contributed by atoms with van der Waals surface area (Å²) in [6.07, 6.45) is 0.672. The lowest BCUT2D eigenvalue weighted by Crippen LogP contribution is -2.39. The van der Waals surface area contributed by atoms with E-state index in [9.17, 15) is 4.79 Å². The minimum absolute atomic E-state index is 0.287. The molecule has 5 nitrogen and oxygen atoms in total. The van der Waals surface area contributed by atoms with Gasteiger partial charge >= 0.3 is 0 Å². The molecule has 3 N–H and O–H groups in total. The normalized spacial score (nSPS) is 12.4. The van der Waals surface area contributed by atoms with Crippen LogP contribution >= 0.6 is 11.8 Å². The van der Waals surface area contributed by atoms with Gasteiger partial charge in [0, 0.05) is 17.1 Å². The maximum atomic E-state index is 11.0. The third-order valence-electron chi connectivity index (χ3n) is 2.94. The molecule has 0 fully saturated rings. The van der Waals surface area contributed by atoms with E-state index in [0.29, 0.717) is 6.42 Å². The average molecular weight is 268 g/mol. The maximum absolute atomic E-state index is 11.0. The predicted octanol–water partition coefficient (Wildman–Crippen LogP) is 0.957. The topological polar surface area (TPSA) is 80.9 Å². The first-order valence-electron chi connectivity index (χ1n) is 5.87. The SMILES string of the molecule is CNC(CCSc1nc(C)c(C)c(C)n1)C(N)=O. The number of likely N-dealkylation sites (N-methyl/N-ethyl adjacent to an activating group) is 1. The van der Waals surface area contributed by atoms with Crippen molar-refractivity contribution in [1.82, 2.24) is 15.3 Å². The predicted molar refractivity (Wildman–Crippen MR) is 73.6 cm³/mol. The number of thioether (sulfide) groups is 1. The van der Waals surface area contributed by atoms with Gasteiger partial charge in [0.05, 0.1) is 6.04 Å². The van der Waals surface area contributed by atoms with Gasteiger partial charge in [-0.15, -0.1) is 0 Å². The van der Waals surface area contributed by atoms with Crippen molar-refractivity contribution >= 4 is 17.7 Å². The Labute approximate surface area is 112 Å². The molecule has 1 aromatic rings. The number of aromatic nitrogens is 2. The Bertz CT molecular complexity index is 413. The Balaban J connectivity index is 2.56. The summed E-state index contributed by atoms with van der Waals surface area (Å²) in [5.41, 5.74) is 8.39. The quantitative estimate of drug-likeness (QED) is 0.593. The fourth-order valence-electron chi connectivity index (χ4n) is 1.50. The van der Waals surface area contributed by atoms with Crippen molar-refractivity contribution in [1.29, 1.82) is 0 Å². The minimum Gasteiger partial charge on any atom is -0.368 e. The molecule has 1 atom stereocenters. The van der Waals surface area contributed by atoms with Crippen LogP contribution in [0.15, 0.2) is 5.16 Å². The molecule has 0 aliphatic carbocycles. The van der Waals surface area contributed by atoms with Crippen molar-refractivity contribution in [2.75, 3.05) is 12.8 Å². The molecule has 0 bridgehead atoms. The first kappa shape index (κ1) is 14.9. The summed E-state index contributed by atoms with van der Waals surface area (Å²) in [6, 6.07) is -0.287. The Hall–Kier alpha value is -1.14. The van der Waals surface area contributed by atoms with Gasteiger partial charge in [0.15, 0.2) is 5.16 Å². The Morgan fingerprint density at radius 2 is 1.89 bits per heavy atom. The number of aryl methyl sites for hydroxylation is 2. The molecule has 0 aliphatic heterocycles. The highest BCUT2D eigenvalue weighted by atomic mass is 32.2. The third kappa shape index (κ3) is 3.96. The summed E-state index contributed by atoms with van der Waals surface area (Å²) >= 11 is 1.55. The lowest BCUT2D eigenvalue weighted by molar-refractivity contribution is -0.119. The number of nitrogens with zero attached hydrogens (tertiary/aromatic N) is 2. The highest BCUT2D eigenvalue weighted by molar-refractivity contribution is 7.99. The fourth-order valence-corrected chi connectivity index (χ4v) is 2.44. The van der Waals surface area contributed by atoms with E-state index in [2.05, 4.69) is 15.3 Å². The molecule has 1 unspecified atom stereocenters. The largest absolute Gasteiger partial charge is 0.368 e.